The molecule has 0 saturated carbocycles. The topological polar surface area (TPSA) is 103 Å². The second-order valence-electron chi connectivity index (χ2n) is 7.55. The zero-order valence-corrected chi connectivity index (χ0v) is 18.1. The van der Waals surface area contributed by atoms with Crippen LogP contribution in [0.15, 0.2) is 34.3 Å². The Morgan fingerprint density at radius 3 is 2.93 bits per heavy atom. The minimum absolute atomic E-state index is 0.00376. The highest BCUT2D eigenvalue weighted by atomic mass is 32.1. The van der Waals surface area contributed by atoms with Crippen LogP contribution in [0.3, 0.4) is 0 Å². The van der Waals surface area contributed by atoms with Gasteiger partial charge in [-0.15, -0.1) is 11.3 Å². The highest BCUT2D eigenvalue weighted by Gasteiger charge is 2.43. The summed E-state index contributed by atoms with van der Waals surface area (Å²) in [5.41, 5.74) is 0.761. The van der Waals surface area contributed by atoms with E-state index in [1.54, 1.807) is 11.3 Å². The van der Waals surface area contributed by atoms with E-state index in [4.69, 9.17) is 0 Å². The molecular formula is C20H25N5O3S2. The lowest BCUT2D eigenvalue weighted by molar-refractivity contribution is -0.129. The first-order valence-electron chi connectivity index (χ1n) is 10.0. The molecule has 4 N–H and O–H groups in total. The Bertz CT molecular complexity index is 871. The number of anilines is 1. The fourth-order valence-electron chi connectivity index (χ4n) is 4.02. The van der Waals surface area contributed by atoms with Crippen LogP contribution < -0.4 is 21.3 Å². The molecule has 0 bridgehead atoms. The number of fused-ring (bicyclic) bond motifs is 1. The van der Waals surface area contributed by atoms with Gasteiger partial charge in [-0.25, -0.2) is 4.79 Å². The summed E-state index contributed by atoms with van der Waals surface area (Å²) in [6.45, 7) is 1.69. The number of nitrogens with one attached hydrogen (secondary N) is 4. The number of rotatable bonds is 7. The number of piperazine rings is 1. The number of amides is 4. The lowest BCUT2D eigenvalue weighted by atomic mass is 10.0. The minimum atomic E-state index is -0.261. The molecule has 0 aromatic carbocycles. The minimum Gasteiger partial charge on any atom is -0.353 e. The van der Waals surface area contributed by atoms with Crippen LogP contribution in [0, 0.1) is 0 Å². The summed E-state index contributed by atoms with van der Waals surface area (Å²) in [7, 11) is 0. The average Bonchev–Trinajstić information content (AvgIpc) is 3.48. The van der Waals surface area contributed by atoms with E-state index in [0.29, 0.717) is 38.9 Å². The quantitative estimate of drug-likeness (QED) is 0.521. The molecule has 8 nitrogen and oxygen atoms in total. The summed E-state index contributed by atoms with van der Waals surface area (Å²) in [6, 6.07) is 5.27. The van der Waals surface area contributed by atoms with Crippen LogP contribution in [-0.4, -0.2) is 54.0 Å². The first-order chi connectivity index (χ1) is 14.6. The lowest BCUT2D eigenvalue weighted by Crippen LogP contribution is -2.58. The maximum Gasteiger partial charge on any atom is 0.319 e. The normalized spacial score (nSPS) is 23.5. The second kappa shape index (κ2) is 9.59. The summed E-state index contributed by atoms with van der Waals surface area (Å²) in [5.74, 6) is 0.0109. The molecule has 3 atom stereocenters. The number of carbonyl (C=O) groups excluding carboxylic acids is 3. The van der Waals surface area contributed by atoms with E-state index in [2.05, 4.69) is 26.2 Å². The van der Waals surface area contributed by atoms with Crippen molar-refractivity contribution in [2.24, 2.45) is 0 Å². The third-order valence-corrected chi connectivity index (χ3v) is 7.04. The SMILES string of the molecule is O=C(CCC1CNC(=O)C2CC(NC(=O)Nc3ccsc3)CN12)NCc1cccs1. The summed E-state index contributed by atoms with van der Waals surface area (Å²) < 4.78 is 0. The molecule has 3 unspecified atom stereocenters. The fourth-order valence-corrected chi connectivity index (χ4v) is 5.25. The Morgan fingerprint density at radius 2 is 2.17 bits per heavy atom. The molecule has 10 heteroatoms. The largest absolute Gasteiger partial charge is 0.353 e. The number of thiophene rings is 2. The van der Waals surface area contributed by atoms with E-state index in [0.717, 1.165) is 10.6 Å². The van der Waals surface area contributed by atoms with Gasteiger partial charge in [-0.3, -0.25) is 14.5 Å². The van der Waals surface area contributed by atoms with Crippen LogP contribution in [0.2, 0.25) is 0 Å². The van der Waals surface area contributed by atoms with Gasteiger partial charge >= 0.3 is 6.03 Å². The highest BCUT2D eigenvalue weighted by Crippen LogP contribution is 2.26. The first-order valence-corrected chi connectivity index (χ1v) is 11.8. The Hall–Kier alpha value is -2.43. The Labute approximate surface area is 183 Å². The first kappa shape index (κ1) is 20.8. The highest BCUT2D eigenvalue weighted by molar-refractivity contribution is 7.09. The van der Waals surface area contributed by atoms with Crippen LogP contribution in [0.4, 0.5) is 10.5 Å². The smallest absolute Gasteiger partial charge is 0.319 e. The van der Waals surface area contributed by atoms with Gasteiger partial charge in [0.25, 0.3) is 0 Å². The summed E-state index contributed by atoms with van der Waals surface area (Å²) in [4.78, 5) is 40.0. The van der Waals surface area contributed by atoms with Gasteiger partial charge in [0, 0.05) is 41.9 Å². The van der Waals surface area contributed by atoms with Gasteiger partial charge in [0.2, 0.25) is 11.8 Å². The van der Waals surface area contributed by atoms with Gasteiger partial charge in [0.15, 0.2) is 0 Å². The predicted molar refractivity (Wildman–Crippen MR) is 118 cm³/mol. The number of carbonyl (C=O) groups is 3. The van der Waals surface area contributed by atoms with Crippen molar-refractivity contribution in [3.05, 3.63) is 39.2 Å². The molecule has 0 aliphatic carbocycles. The molecule has 2 aliphatic rings. The molecule has 2 fully saturated rings. The van der Waals surface area contributed by atoms with Crippen LogP contribution in [0.1, 0.15) is 24.1 Å². The maximum absolute atomic E-state index is 12.3. The van der Waals surface area contributed by atoms with Gasteiger partial charge in [0.1, 0.15) is 0 Å². The lowest BCUT2D eigenvalue weighted by Gasteiger charge is -2.37. The monoisotopic (exact) mass is 447 g/mol. The van der Waals surface area contributed by atoms with E-state index >= 15 is 0 Å². The molecule has 4 amide bonds. The van der Waals surface area contributed by atoms with Crippen molar-refractivity contribution >= 4 is 46.2 Å². The van der Waals surface area contributed by atoms with Gasteiger partial charge in [-0.2, -0.15) is 11.3 Å². The predicted octanol–water partition coefficient (Wildman–Crippen LogP) is 1.97. The molecule has 4 heterocycles. The number of urea groups is 1. The van der Waals surface area contributed by atoms with Gasteiger partial charge < -0.3 is 21.3 Å². The fraction of sp³-hybridized carbons (Fsp3) is 0.450. The van der Waals surface area contributed by atoms with Crippen LogP contribution in [-0.2, 0) is 16.1 Å². The maximum atomic E-state index is 12.3. The van der Waals surface area contributed by atoms with Crippen molar-refractivity contribution in [3.63, 3.8) is 0 Å². The van der Waals surface area contributed by atoms with Crippen molar-refractivity contribution in [3.8, 4) is 0 Å². The molecule has 4 rings (SSSR count). The Balaban J connectivity index is 1.26. The summed E-state index contributed by atoms with van der Waals surface area (Å²) in [6.07, 6.45) is 1.65. The third kappa shape index (κ3) is 5.18. The average molecular weight is 448 g/mol. The standard InChI is InChI=1S/C20H25N5O3S2/c26-18(21-10-16-2-1-6-30-16)4-3-15-9-22-19(27)17-8-14(11-25(15)17)24-20(28)23-13-5-7-29-12-13/h1-2,5-7,12,14-15,17H,3-4,8-11H2,(H,21,26)(H,22,27)(H2,23,24,28). The molecular weight excluding hydrogens is 422 g/mol. The van der Waals surface area contributed by atoms with E-state index in [1.807, 2.05) is 34.3 Å². The molecule has 2 saturated heterocycles. The van der Waals surface area contributed by atoms with Crippen LogP contribution in [0.25, 0.3) is 0 Å². The second-order valence-corrected chi connectivity index (χ2v) is 9.36. The van der Waals surface area contributed by atoms with Crippen molar-refractivity contribution < 1.29 is 14.4 Å². The summed E-state index contributed by atoms with van der Waals surface area (Å²) in [5, 5.41) is 17.4. The van der Waals surface area contributed by atoms with Gasteiger partial charge in [0.05, 0.1) is 18.3 Å². The number of hydrogen-bond acceptors (Lipinski definition) is 6. The zero-order valence-electron chi connectivity index (χ0n) is 16.4. The zero-order chi connectivity index (χ0) is 20.9. The van der Waals surface area contributed by atoms with E-state index < -0.39 is 0 Å². The Morgan fingerprint density at radius 1 is 1.27 bits per heavy atom. The molecule has 30 heavy (non-hydrogen) atoms. The molecule has 2 aromatic rings. The Kier molecular flexibility index (Phi) is 6.66. The number of nitrogens with zero attached hydrogens (tertiary/aromatic N) is 1. The molecule has 0 spiro atoms. The van der Waals surface area contributed by atoms with Crippen LogP contribution >= 0.6 is 22.7 Å². The summed E-state index contributed by atoms with van der Waals surface area (Å²) >= 11 is 3.14. The van der Waals surface area contributed by atoms with E-state index in [9.17, 15) is 14.4 Å². The van der Waals surface area contributed by atoms with Gasteiger partial charge in [-0.1, -0.05) is 6.07 Å². The molecule has 2 aromatic heterocycles. The van der Waals surface area contributed by atoms with Crippen molar-refractivity contribution in [2.75, 3.05) is 18.4 Å². The van der Waals surface area contributed by atoms with Gasteiger partial charge in [-0.05, 0) is 35.7 Å². The van der Waals surface area contributed by atoms with Crippen molar-refractivity contribution in [2.45, 2.75) is 43.9 Å². The molecule has 0 radical (unpaired) electrons. The van der Waals surface area contributed by atoms with Crippen molar-refractivity contribution in [1.82, 2.24) is 20.9 Å². The molecule has 160 valence electrons. The van der Waals surface area contributed by atoms with Crippen LogP contribution in [0.5, 0.6) is 0 Å². The molecule has 2 aliphatic heterocycles. The number of hydrogen-bond donors (Lipinski definition) is 4. The van der Waals surface area contributed by atoms with E-state index in [1.165, 1.54) is 11.3 Å². The van der Waals surface area contributed by atoms with Crippen molar-refractivity contribution in [1.29, 1.82) is 0 Å². The third-order valence-electron chi connectivity index (χ3n) is 5.48. The van der Waals surface area contributed by atoms with E-state index in [-0.39, 0.29) is 36.0 Å².